The second-order valence-electron chi connectivity index (χ2n) is 6.92. The van der Waals surface area contributed by atoms with Crippen LogP contribution in [-0.2, 0) is 21.1 Å². The number of morpholine rings is 1. The number of rotatable bonds is 5. The van der Waals surface area contributed by atoms with Gasteiger partial charge in [-0.05, 0) is 52.4 Å². The molecule has 3 aromatic rings. The van der Waals surface area contributed by atoms with Gasteiger partial charge < -0.3 is 4.74 Å². The standard InChI is InChI=1S/C19H20BrN5O3S/c1-29(26,27)17-8-6-16(7-9-17)25-19(21-22-23-25)13-24-10-11-28-18(12-24)14-2-4-15(20)5-3-14/h2-9,18H,10-13H2,1H3. The van der Waals surface area contributed by atoms with E-state index in [1.54, 1.807) is 28.9 Å². The number of halogens is 1. The fraction of sp³-hybridized carbons (Fsp3) is 0.316. The Hall–Kier alpha value is -2.14. The van der Waals surface area contributed by atoms with E-state index in [2.05, 4.69) is 48.5 Å². The number of hydrogen-bond donors (Lipinski definition) is 0. The van der Waals surface area contributed by atoms with Crippen molar-refractivity contribution in [3.8, 4) is 5.69 Å². The Kier molecular flexibility index (Phi) is 5.77. The minimum atomic E-state index is -3.24. The predicted octanol–water partition coefficient (Wildman–Crippen LogP) is 2.40. The Labute approximate surface area is 177 Å². The summed E-state index contributed by atoms with van der Waals surface area (Å²) in [7, 11) is -3.24. The number of benzene rings is 2. The van der Waals surface area contributed by atoms with E-state index < -0.39 is 9.84 Å². The van der Waals surface area contributed by atoms with Gasteiger partial charge in [0.25, 0.3) is 0 Å². The Bertz CT molecular complexity index is 1080. The van der Waals surface area contributed by atoms with Gasteiger partial charge in [0, 0.05) is 23.8 Å². The lowest BCUT2D eigenvalue weighted by atomic mass is 10.1. The number of tetrazole rings is 1. The Morgan fingerprint density at radius 2 is 1.86 bits per heavy atom. The largest absolute Gasteiger partial charge is 0.371 e. The van der Waals surface area contributed by atoms with Crippen LogP contribution in [0.2, 0.25) is 0 Å². The van der Waals surface area contributed by atoms with Crippen molar-refractivity contribution >= 4 is 25.8 Å². The quantitative estimate of drug-likeness (QED) is 0.556. The van der Waals surface area contributed by atoms with Crippen LogP contribution in [0.25, 0.3) is 5.69 Å². The van der Waals surface area contributed by atoms with Crippen LogP contribution in [0.5, 0.6) is 0 Å². The topological polar surface area (TPSA) is 90.2 Å². The highest BCUT2D eigenvalue weighted by molar-refractivity contribution is 9.10. The van der Waals surface area contributed by atoms with Gasteiger partial charge in [-0.25, -0.2) is 8.42 Å². The van der Waals surface area contributed by atoms with E-state index in [9.17, 15) is 8.42 Å². The highest BCUT2D eigenvalue weighted by Gasteiger charge is 2.24. The zero-order chi connectivity index (χ0) is 20.4. The SMILES string of the molecule is CS(=O)(=O)c1ccc(-n2nnnc2CN2CCOC(c3ccc(Br)cc3)C2)cc1. The summed E-state index contributed by atoms with van der Waals surface area (Å²) in [5, 5.41) is 12.0. The van der Waals surface area contributed by atoms with Gasteiger partial charge in [-0.3, -0.25) is 4.90 Å². The van der Waals surface area contributed by atoms with E-state index in [-0.39, 0.29) is 11.0 Å². The van der Waals surface area contributed by atoms with Crippen molar-refractivity contribution in [3.63, 3.8) is 0 Å². The molecule has 1 fully saturated rings. The highest BCUT2D eigenvalue weighted by atomic mass is 79.9. The number of ether oxygens (including phenoxy) is 1. The molecule has 0 bridgehead atoms. The minimum Gasteiger partial charge on any atom is -0.371 e. The average molecular weight is 478 g/mol. The first kappa shape index (κ1) is 20.1. The van der Waals surface area contributed by atoms with Crippen LogP contribution < -0.4 is 0 Å². The fourth-order valence-electron chi connectivity index (χ4n) is 3.26. The number of aromatic nitrogens is 4. The van der Waals surface area contributed by atoms with Crippen LogP contribution in [0.15, 0.2) is 57.9 Å². The molecule has 29 heavy (non-hydrogen) atoms. The normalized spacial score (nSPS) is 18.1. The molecule has 4 rings (SSSR count). The summed E-state index contributed by atoms with van der Waals surface area (Å²) < 4.78 is 31.9. The third kappa shape index (κ3) is 4.72. The van der Waals surface area contributed by atoms with Crippen LogP contribution in [-0.4, -0.2) is 59.5 Å². The van der Waals surface area contributed by atoms with E-state index in [0.717, 1.165) is 28.8 Å². The summed E-state index contributed by atoms with van der Waals surface area (Å²) in [5.74, 6) is 0.688. The van der Waals surface area contributed by atoms with Gasteiger partial charge in [-0.1, -0.05) is 28.1 Å². The van der Waals surface area contributed by atoms with Crippen molar-refractivity contribution in [2.45, 2.75) is 17.5 Å². The molecule has 0 radical (unpaired) electrons. The summed E-state index contributed by atoms with van der Waals surface area (Å²) in [4.78, 5) is 2.52. The van der Waals surface area contributed by atoms with E-state index in [1.807, 2.05) is 12.1 Å². The van der Waals surface area contributed by atoms with Gasteiger partial charge >= 0.3 is 0 Å². The Morgan fingerprint density at radius 1 is 1.14 bits per heavy atom. The molecule has 2 heterocycles. The second kappa shape index (κ2) is 8.31. The number of sulfone groups is 1. The molecule has 10 heteroatoms. The maximum absolute atomic E-state index is 11.7. The molecule has 0 N–H and O–H groups in total. The van der Waals surface area contributed by atoms with E-state index >= 15 is 0 Å². The van der Waals surface area contributed by atoms with Crippen molar-refractivity contribution in [1.29, 1.82) is 0 Å². The summed E-state index contributed by atoms with van der Waals surface area (Å²) in [6, 6.07) is 14.7. The monoisotopic (exact) mass is 477 g/mol. The molecule has 1 aliphatic heterocycles. The van der Waals surface area contributed by atoms with Crippen molar-refractivity contribution < 1.29 is 13.2 Å². The molecule has 1 saturated heterocycles. The summed E-state index contributed by atoms with van der Waals surface area (Å²) in [6.45, 7) is 2.72. The first-order valence-electron chi connectivity index (χ1n) is 9.07. The average Bonchev–Trinajstić information content (AvgIpc) is 3.16. The highest BCUT2D eigenvalue weighted by Crippen LogP contribution is 2.25. The van der Waals surface area contributed by atoms with Crippen LogP contribution >= 0.6 is 15.9 Å². The molecular formula is C19H20BrN5O3S. The van der Waals surface area contributed by atoms with Gasteiger partial charge in [0.05, 0.1) is 29.8 Å². The molecule has 2 aromatic carbocycles. The van der Waals surface area contributed by atoms with Gasteiger partial charge in [-0.2, -0.15) is 4.68 Å². The molecule has 0 saturated carbocycles. The molecule has 0 spiro atoms. The van der Waals surface area contributed by atoms with Crippen molar-refractivity contribution in [3.05, 3.63) is 64.4 Å². The van der Waals surface area contributed by atoms with Crippen LogP contribution in [0.3, 0.4) is 0 Å². The van der Waals surface area contributed by atoms with E-state index in [4.69, 9.17) is 4.74 Å². The predicted molar refractivity (Wildman–Crippen MR) is 110 cm³/mol. The Morgan fingerprint density at radius 3 is 2.55 bits per heavy atom. The summed E-state index contributed by atoms with van der Waals surface area (Å²) >= 11 is 3.46. The van der Waals surface area contributed by atoms with Gasteiger partial charge in [0.1, 0.15) is 0 Å². The summed E-state index contributed by atoms with van der Waals surface area (Å²) in [6.07, 6.45) is 1.18. The lowest BCUT2D eigenvalue weighted by molar-refractivity contribution is -0.0338. The molecule has 1 aromatic heterocycles. The maximum atomic E-state index is 11.7. The second-order valence-corrected chi connectivity index (χ2v) is 9.85. The van der Waals surface area contributed by atoms with Crippen LogP contribution in [0, 0.1) is 0 Å². The molecule has 1 unspecified atom stereocenters. The molecule has 1 aliphatic rings. The Balaban J connectivity index is 1.49. The van der Waals surface area contributed by atoms with Crippen LogP contribution in [0.4, 0.5) is 0 Å². The molecular weight excluding hydrogens is 458 g/mol. The number of hydrogen-bond acceptors (Lipinski definition) is 7. The molecule has 0 aliphatic carbocycles. The minimum absolute atomic E-state index is 0.00442. The first-order chi connectivity index (χ1) is 13.9. The van der Waals surface area contributed by atoms with E-state index in [1.165, 1.54) is 6.26 Å². The maximum Gasteiger partial charge on any atom is 0.175 e. The lowest BCUT2D eigenvalue weighted by Gasteiger charge is -2.32. The van der Waals surface area contributed by atoms with Gasteiger partial charge in [0.15, 0.2) is 15.7 Å². The smallest absolute Gasteiger partial charge is 0.175 e. The van der Waals surface area contributed by atoms with Crippen molar-refractivity contribution in [2.75, 3.05) is 26.0 Å². The summed E-state index contributed by atoms with van der Waals surface area (Å²) in [5.41, 5.74) is 1.85. The van der Waals surface area contributed by atoms with Gasteiger partial charge in [-0.15, -0.1) is 5.10 Å². The molecule has 8 nitrogen and oxygen atoms in total. The van der Waals surface area contributed by atoms with Crippen molar-refractivity contribution in [2.24, 2.45) is 0 Å². The van der Waals surface area contributed by atoms with Crippen LogP contribution in [0.1, 0.15) is 17.5 Å². The third-order valence-electron chi connectivity index (χ3n) is 4.80. The zero-order valence-corrected chi connectivity index (χ0v) is 18.2. The molecule has 1 atom stereocenters. The first-order valence-corrected chi connectivity index (χ1v) is 11.8. The van der Waals surface area contributed by atoms with Gasteiger partial charge in [0.2, 0.25) is 0 Å². The fourth-order valence-corrected chi connectivity index (χ4v) is 4.16. The molecule has 0 amide bonds. The lowest BCUT2D eigenvalue weighted by Crippen LogP contribution is -2.38. The van der Waals surface area contributed by atoms with Crippen molar-refractivity contribution in [1.82, 2.24) is 25.1 Å². The zero-order valence-electron chi connectivity index (χ0n) is 15.8. The van der Waals surface area contributed by atoms with E-state index in [0.29, 0.717) is 19.0 Å². The number of nitrogens with zero attached hydrogens (tertiary/aromatic N) is 5. The third-order valence-corrected chi connectivity index (χ3v) is 6.46. The molecule has 152 valence electrons.